The van der Waals surface area contributed by atoms with Crippen molar-refractivity contribution in [1.29, 1.82) is 0 Å². The van der Waals surface area contributed by atoms with E-state index in [1.54, 1.807) is 11.9 Å². The van der Waals surface area contributed by atoms with Crippen molar-refractivity contribution >= 4 is 15.9 Å². The number of likely N-dealkylation sites (N-methyl/N-ethyl adjacent to an activating group) is 1. The summed E-state index contributed by atoms with van der Waals surface area (Å²) in [5, 5.41) is 3.05. The predicted octanol–water partition coefficient (Wildman–Crippen LogP) is 3.81. The summed E-state index contributed by atoms with van der Waals surface area (Å²) in [6.07, 6.45) is -2.37. The fraction of sp³-hybridized carbons (Fsp3) is 0.458. The van der Waals surface area contributed by atoms with E-state index in [1.807, 2.05) is 30.3 Å². The van der Waals surface area contributed by atoms with Crippen LogP contribution in [-0.2, 0) is 21.0 Å². The number of amides is 1. The van der Waals surface area contributed by atoms with Gasteiger partial charge in [0.15, 0.2) is 0 Å². The smallest absolute Gasteiger partial charge is 0.341 e. The standard InChI is InChI=1S/C24H28F3N3O3S/c1-28-22(17-6-3-2-4-7-17)23(31)29-14-12-20(13-15-29)30(19-10-11-19)34(32,33)21-9-5-8-18(16-21)24(25,26)27/h2-9,16,19-20,22,28H,10-15H2,1H3/t22-/m0/s1. The van der Waals surface area contributed by atoms with E-state index in [4.69, 9.17) is 0 Å². The van der Waals surface area contributed by atoms with Crippen LogP contribution in [0.3, 0.4) is 0 Å². The van der Waals surface area contributed by atoms with E-state index in [9.17, 15) is 26.4 Å². The molecule has 1 heterocycles. The second-order valence-electron chi connectivity index (χ2n) is 8.78. The van der Waals surface area contributed by atoms with Crippen molar-refractivity contribution in [2.75, 3.05) is 20.1 Å². The highest BCUT2D eigenvalue weighted by atomic mass is 32.2. The fourth-order valence-electron chi connectivity index (χ4n) is 4.58. The van der Waals surface area contributed by atoms with Gasteiger partial charge in [0.2, 0.25) is 15.9 Å². The number of carbonyl (C=O) groups is 1. The minimum absolute atomic E-state index is 0.0779. The van der Waals surface area contributed by atoms with Crippen molar-refractivity contribution in [3.63, 3.8) is 0 Å². The van der Waals surface area contributed by atoms with E-state index in [0.717, 1.165) is 17.7 Å². The Morgan fingerprint density at radius 2 is 1.62 bits per heavy atom. The third kappa shape index (κ3) is 5.13. The molecule has 1 saturated heterocycles. The van der Waals surface area contributed by atoms with Crippen LogP contribution in [0.25, 0.3) is 0 Å². The van der Waals surface area contributed by atoms with Crippen LogP contribution in [0.1, 0.15) is 42.9 Å². The van der Waals surface area contributed by atoms with Crippen LogP contribution in [-0.4, -0.2) is 55.8 Å². The molecule has 0 radical (unpaired) electrons. The summed E-state index contributed by atoms with van der Waals surface area (Å²) in [5.74, 6) is -0.0779. The van der Waals surface area contributed by atoms with Crippen molar-refractivity contribution in [2.45, 2.75) is 54.9 Å². The van der Waals surface area contributed by atoms with Crippen LogP contribution in [0.5, 0.6) is 0 Å². The summed E-state index contributed by atoms with van der Waals surface area (Å²) in [4.78, 5) is 14.5. The molecule has 4 rings (SSSR count). The molecule has 34 heavy (non-hydrogen) atoms. The minimum Gasteiger partial charge on any atom is -0.341 e. The molecule has 1 saturated carbocycles. The molecule has 6 nitrogen and oxygen atoms in total. The summed E-state index contributed by atoms with van der Waals surface area (Å²) in [6, 6.07) is 12.2. The number of nitrogens with zero attached hydrogens (tertiary/aromatic N) is 2. The number of nitrogens with one attached hydrogen (secondary N) is 1. The Balaban J connectivity index is 1.50. The van der Waals surface area contributed by atoms with Gasteiger partial charge in [-0.1, -0.05) is 36.4 Å². The lowest BCUT2D eigenvalue weighted by atomic mass is 10.0. The first-order valence-electron chi connectivity index (χ1n) is 11.3. The number of hydrogen-bond donors (Lipinski definition) is 1. The average Bonchev–Trinajstić information content (AvgIpc) is 3.65. The fourth-order valence-corrected chi connectivity index (χ4v) is 6.55. The average molecular weight is 496 g/mol. The molecule has 2 aromatic carbocycles. The molecule has 1 atom stereocenters. The van der Waals surface area contributed by atoms with Gasteiger partial charge in [0.05, 0.1) is 10.5 Å². The highest BCUT2D eigenvalue weighted by Gasteiger charge is 2.44. The van der Waals surface area contributed by atoms with Gasteiger partial charge in [-0.2, -0.15) is 17.5 Å². The summed E-state index contributed by atoms with van der Waals surface area (Å²) < 4.78 is 67.7. The van der Waals surface area contributed by atoms with Crippen LogP contribution in [0.15, 0.2) is 59.5 Å². The van der Waals surface area contributed by atoms with Gasteiger partial charge in [0.1, 0.15) is 6.04 Å². The SMILES string of the molecule is CN[C@H](C(=O)N1CCC(N(C2CC2)S(=O)(=O)c2cccc(C(F)(F)F)c2)CC1)c1ccccc1. The second-order valence-corrected chi connectivity index (χ2v) is 10.6. The maximum absolute atomic E-state index is 13.4. The Hall–Kier alpha value is -2.43. The lowest BCUT2D eigenvalue weighted by molar-refractivity contribution is -0.137. The zero-order chi connectivity index (χ0) is 24.5. The zero-order valence-corrected chi connectivity index (χ0v) is 19.6. The Morgan fingerprint density at radius 1 is 1.00 bits per heavy atom. The molecule has 2 fully saturated rings. The van der Waals surface area contributed by atoms with Crippen molar-refractivity contribution in [1.82, 2.24) is 14.5 Å². The van der Waals surface area contributed by atoms with E-state index in [1.165, 1.54) is 10.4 Å². The molecule has 1 N–H and O–H groups in total. The van der Waals surface area contributed by atoms with E-state index in [-0.39, 0.29) is 22.9 Å². The zero-order valence-electron chi connectivity index (χ0n) is 18.8. The Morgan fingerprint density at radius 3 is 2.18 bits per heavy atom. The number of sulfonamides is 1. The van der Waals surface area contributed by atoms with E-state index >= 15 is 0 Å². The molecular formula is C24H28F3N3O3S. The number of rotatable bonds is 7. The van der Waals surface area contributed by atoms with Gasteiger partial charge in [0, 0.05) is 25.2 Å². The topological polar surface area (TPSA) is 69.7 Å². The largest absolute Gasteiger partial charge is 0.416 e. The van der Waals surface area contributed by atoms with Crippen LogP contribution in [0.2, 0.25) is 0 Å². The molecule has 0 spiro atoms. The molecule has 1 aliphatic heterocycles. The van der Waals surface area contributed by atoms with Crippen molar-refractivity contribution in [2.24, 2.45) is 0 Å². The molecule has 0 aromatic heterocycles. The molecule has 1 aliphatic carbocycles. The van der Waals surface area contributed by atoms with Gasteiger partial charge in [-0.05, 0) is 56.5 Å². The van der Waals surface area contributed by atoms with E-state index < -0.39 is 27.8 Å². The van der Waals surface area contributed by atoms with Gasteiger partial charge in [-0.25, -0.2) is 8.42 Å². The van der Waals surface area contributed by atoms with Crippen LogP contribution in [0.4, 0.5) is 13.2 Å². The van der Waals surface area contributed by atoms with Gasteiger partial charge in [-0.15, -0.1) is 0 Å². The monoisotopic (exact) mass is 495 g/mol. The predicted molar refractivity (Wildman–Crippen MR) is 121 cm³/mol. The number of halogens is 3. The Labute approximate surface area is 197 Å². The van der Waals surface area contributed by atoms with Gasteiger partial charge >= 0.3 is 6.18 Å². The molecule has 0 bridgehead atoms. The Bertz CT molecular complexity index is 1110. The van der Waals surface area contributed by atoms with Gasteiger partial charge < -0.3 is 10.2 Å². The number of piperidine rings is 1. The third-order valence-corrected chi connectivity index (χ3v) is 8.45. The third-order valence-electron chi connectivity index (χ3n) is 6.45. The number of carbonyl (C=O) groups excluding carboxylic acids is 1. The number of likely N-dealkylation sites (tertiary alicyclic amines) is 1. The maximum Gasteiger partial charge on any atom is 0.416 e. The molecule has 2 aromatic rings. The molecule has 0 unspecified atom stereocenters. The van der Waals surface area contributed by atoms with Gasteiger partial charge in [-0.3, -0.25) is 4.79 Å². The lowest BCUT2D eigenvalue weighted by Gasteiger charge is -2.39. The summed E-state index contributed by atoms with van der Waals surface area (Å²) >= 11 is 0. The summed E-state index contributed by atoms with van der Waals surface area (Å²) in [6.45, 7) is 0.770. The minimum atomic E-state index is -4.62. The Kier molecular flexibility index (Phi) is 7.02. The van der Waals surface area contributed by atoms with E-state index in [0.29, 0.717) is 44.8 Å². The quantitative estimate of drug-likeness (QED) is 0.634. The normalized spacial score (nSPS) is 18.8. The molecule has 10 heteroatoms. The first-order chi connectivity index (χ1) is 16.1. The molecule has 1 amide bonds. The first kappa shape index (κ1) is 24.7. The molecule has 2 aliphatic rings. The van der Waals surface area contributed by atoms with Crippen molar-refractivity contribution in [3.8, 4) is 0 Å². The molecule has 184 valence electrons. The maximum atomic E-state index is 13.4. The molecular weight excluding hydrogens is 467 g/mol. The van der Waals surface area contributed by atoms with Crippen LogP contribution >= 0.6 is 0 Å². The van der Waals surface area contributed by atoms with Crippen molar-refractivity contribution < 1.29 is 26.4 Å². The highest BCUT2D eigenvalue weighted by molar-refractivity contribution is 7.89. The summed E-state index contributed by atoms with van der Waals surface area (Å²) in [5.41, 5.74) is -0.132. The highest BCUT2D eigenvalue weighted by Crippen LogP contribution is 2.38. The second kappa shape index (κ2) is 9.67. The summed E-state index contributed by atoms with van der Waals surface area (Å²) in [7, 11) is -2.38. The van der Waals surface area contributed by atoms with E-state index in [2.05, 4.69) is 5.32 Å². The van der Waals surface area contributed by atoms with Crippen LogP contribution in [0, 0.1) is 0 Å². The number of benzene rings is 2. The van der Waals surface area contributed by atoms with Crippen LogP contribution < -0.4 is 5.32 Å². The number of hydrogen-bond acceptors (Lipinski definition) is 4. The first-order valence-corrected chi connectivity index (χ1v) is 12.8. The number of alkyl halides is 3. The lowest BCUT2D eigenvalue weighted by Crippen LogP contribution is -2.51. The van der Waals surface area contributed by atoms with Crippen molar-refractivity contribution in [3.05, 3.63) is 65.7 Å². The van der Waals surface area contributed by atoms with Gasteiger partial charge in [0.25, 0.3) is 0 Å².